The Labute approximate surface area is 103 Å². The Morgan fingerprint density at radius 3 is 2.31 bits per heavy atom. The molecule has 2 nitrogen and oxygen atoms in total. The van der Waals surface area contributed by atoms with E-state index >= 15 is 0 Å². The van der Waals surface area contributed by atoms with Crippen molar-refractivity contribution in [3.8, 4) is 0 Å². The van der Waals surface area contributed by atoms with Gasteiger partial charge < -0.3 is 5.11 Å². The van der Waals surface area contributed by atoms with Gasteiger partial charge in [-0.3, -0.25) is 4.79 Å². The van der Waals surface area contributed by atoms with Crippen LogP contribution in [0.15, 0.2) is 7.87 Å². The van der Waals surface area contributed by atoms with Gasteiger partial charge in [0.25, 0.3) is 0 Å². The zero-order valence-corrected chi connectivity index (χ0v) is 11.9. The van der Waals surface area contributed by atoms with Crippen molar-refractivity contribution < 1.29 is 9.90 Å². The summed E-state index contributed by atoms with van der Waals surface area (Å²) >= 11 is 9.40. The lowest BCUT2D eigenvalue weighted by atomic mass is 10.1. The molecule has 0 aromatic rings. The summed E-state index contributed by atoms with van der Waals surface area (Å²) in [6, 6.07) is 0. The summed E-state index contributed by atoms with van der Waals surface area (Å²) in [5, 5.41) is 9.22. The number of Topliss-reactive ketones (excluding diaryl/α,β-unsaturated/α-hetero) is 1. The Hall–Kier alpha value is 0.810. The number of aliphatic hydroxyl groups excluding tert-OH is 1. The highest BCUT2D eigenvalue weighted by atomic mass is 79.9. The number of allylic oxidation sites excluding steroid dienone is 1. The van der Waals surface area contributed by atoms with E-state index in [-0.39, 0.29) is 11.9 Å². The van der Waals surface area contributed by atoms with Gasteiger partial charge in [0, 0.05) is 6.42 Å². The molecule has 0 aromatic carbocycles. The molecule has 0 aliphatic carbocycles. The predicted molar refractivity (Wildman–Crippen MR) is 64.3 cm³/mol. The molecule has 0 amide bonds. The number of carbonyl (C=O) groups excluding carboxylic acids is 1. The largest absolute Gasteiger partial charge is 0.393 e. The molecule has 1 atom stereocenters. The molecule has 0 aromatic heterocycles. The molecule has 0 radical (unpaired) electrons. The van der Waals surface area contributed by atoms with Gasteiger partial charge in [-0.2, -0.15) is 0 Å². The molecule has 0 rings (SSSR count). The van der Waals surface area contributed by atoms with Gasteiger partial charge in [0.15, 0.2) is 5.78 Å². The molecule has 0 aliphatic heterocycles. The molecule has 0 saturated heterocycles. The number of halogens is 3. The molecule has 1 N–H and O–H groups in total. The lowest BCUT2D eigenvalue weighted by molar-refractivity contribution is -0.115. The molecule has 0 bridgehead atoms. The third-order valence-corrected chi connectivity index (χ3v) is 4.28. The van der Waals surface area contributed by atoms with Crippen LogP contribution in [0, 0.1) is 0 Å². The Balaban J connectivity index is 3.96. The number of aliphatic hydroxyl groups is 1. The maximum atomic E-state index is 11.3. The summed E-state index contributed by atoms with van der Waals surface area (Å²) in [6.07, 6.45) is 1.18. The second-order valence-corrected chi connectivity index (χ2v) is 6.04. The molecule has 5 heteroatoms. The first-order chi connectivity index (χ1) is 5.99. The number of ketones is 1. The highest BCUT2D eigenvalue weighted by Gasteiger charge is 2.11. The smallest absolute Gasteiger partial charge is 0.171 e. The van der Waals surface area contributed by atoms with Crippen molar-refractivity contribution in [2.75, 3.05) is 0 Å². The summed E-state index contributed by atoms with van der Waals surface area (Å²) in [6.45, 7) is 1.89. The average Bonchev–Trinajstić information content (AvgIpc) is 2.11. The van der Waals surface area contributed by atoms with Crippen molar-refractivity contribution in [3.63, 3.8) is 0 Å². The summed E-state index contributed by atoms with van der Waals surface area (Å²) in [5.74, 6) is -0.0174. The fourth-order valence-electron chi connectivity index (χ4n) is 0.717. The summed E-state index contributed by atoms with van der Waals surface area (Å²) in [7, 11) is 0. The molecule has 1 unspecified atom stereocenters. The van der Waals surface area contributed by atoms with Crippen molar-refractivity contribution in [1.29, 1.82) is 0 Å². The van der Waals surface area contributed by atoms with E-state index in [1.54, 1.807) is 0 Å². The van der Waals surface area contributed by atoms with Crippen LogP contribution in [0.3, 0.4) is 0 Å². The Morgan fingerprint density at radius 1 is 1.38 bits per heavy atom. The van der Waals surface area contributed by atoms with E-state index in [4.69, 9.17) is 0 Å². The topological polar surface area (TPSA) is 37.3 Å². The number of carbonyl (C=O) groups is 1. The van der Waals surface area contributed by atoms with Gasteiger partial charge in [-0.1, -0.05) is 6.92 Å². The van der Waals surface area contributed by atoms with Crippen LogP contribution in [-0.4, -0.2) is 17.0 Å². The lowest BCUT2D eigenvalue weighted by Crippen LogP contribution is -2.08. The number of rotatable bonds is 5. The van der Waals surface area contributed by atoms with Gasteiger partial charge in [-0.15, -0.1) is 0 Å². The molecule has 76 valence electrons. The van der Waals surface area contributed by atoms with Gasteiger partial charge in [-0.05, 0) is 60.6 Å². The molecular formula is C8H11Br3O2. The number of hydrogen-bond acceptors (Lipinski definition) is 2. The summed E-state index contributed by atoms with van der Waals surface area (Å²) in [4.78, 5) is 11.3. The van der Waals surface area contributed by atoms with Gasteiger partial charge in [0.05, 0.1) is 14.0 Å². The third kappa shape index (κ3) is 5.99. The van der Waals surface area contributed by atoms with Gasteiger partial charge in [-0.25, -0.2) is 0 Å². The second kappa shape index (κ2) is 7.15. The SMILES string of the molecule is CCC(O)CCC(=O)C(Br)=C(Br)Br. The van der Waals surface area contributed by atoms with E-state index < -0.39 is 0 Å². The van der Waals surface area contributed by atoms with Crippen LogP contribution in [0.1, 0.15) is 26.2 Å². The monoisotopic (exact) mass is 376 g/mol. The van der Waals surface area contributed by atoms with Crippen LogP contribution >= 0.6 is 47.8 Å². The highest BCUT2D eigenvalue weighted by Crippen LogP contribution is 2.25. The quantitative estimate of drug-likeness (QED) is 0.744. The van der Waals surface area contributed by atoms with Crippen molar-refractivity contribution >= 4 is 53.6 Å². The first-order valence-electron chi connectivity index (χ1n) is 3.91. The van der Waals surface area contributed by atoms with Crippen LogP contribution in [0.25, 0.3) is 0 Å². The van der Waals surface area contributed by atoms with Crippen LogP contribution in [0.5, 0.6) is 0 Å². The van der Waals surface area contributed by atoms with E-state index in [2.05, 4.69) is 47.8 Å². The maximum Gasteiger partial charge on any atom is 0.171 e. The van der Waals surface area contributed by atoms with Gasteiger partial charge >= 0.3 is 0 Å². The van der Waals surface area contributed by atoms with E-state index in [9.17, 15) is 9.90 Å². The first kappa shape index (κ1) is 13.8. The number of hydrogen-bond donors (Lipinski definition) is 1. The molecule has 0 aliphatic rings. The van der Waals surface area contributed by atoms with Crippen LogP contribution in [0.4, 0.5) is 0 Å². The molecule has 0 saturated carbocycles. The molecule has 13 heavy (non-hydrogen) atoms. The van der Waals surface area contributed by atoms with Crippen molar-refractivity contribution in [3.05, 3.63) is 7.87 Å². The molecule has 0 fully saturated rings. The predicted octanol–water partition coefficient (Wildman–Crippen LogP) is 3.46. The van der Waals surface area contributed by atoms with Crippen LogP contribution in [0.2, 0.25) is 0 Å². The summed E-state index contributed by atoms with van der Waals surface area (Å²) < 4.78 is 1.09. The molecular weight excluding hydrogens is 368 g/mol. The van der Waals surface area contributed by atoms with E-state index in [0.717, 1.165) is 0 Å². The first-order valence-corrected chi connectivity index (χ1v) is 6.29. The van der Waals surface area contributed by atoms with Crippen LogP contribution in [-0.2, 0) is 4.79 Å². The van der Waals surface area contributed by atoms with E-state index in [1.807, 2.05) is 6.92 Å². The van der Waals surface area contributed by atoms with Crippen molar-refractivity contribution in [1.82, 2.24) is 0 Å². The van der Waals surface area contributed by atoms with E-state index in [0.29, 0.717) is 27.1 Å². The normalized spacial score (nSPS) is 12.4. The average molecular weight is 379 g/mol. The maximum absolute atomic E-state index is 11.3. The minimum Gasteiger partial charge on any atom is -0.393 e. The lowest BCUT2D eigenvalue weighted by Gasteiger charge is -2.05. The zero-order valence-electron chi connectivity index (χ0n) is 7.19. The summed E-state index contributed by atoms with van der Waals surface area (Å²) in [5.41, 5.74) is 0. The van der Waals surface area contributed by atoms with Crippen molar-refractivity contribution in [2.24, 2.45) is 0 Å². The standard InChI is InChI=1S/C8H11Br3O2/c1-2-5(12)3-4-6(13)7(9)8(10)11/h5,12H,2-4H2,1H3. The Morgan fingerprint density at radius 2 is 1.92 bits per heavy atom. The Bertz CT molecular complexity index is 209. The van der Waals surface area contributed by atoms with Crippen molar-refractivity contribution in [2.45, 2.75) is 32.3 Å². The minimum atomic E-state index is -0.377. The third-order valence-electron chi connectivity index (χ3n) is 1.59. The highest BCUT2D eigenvalue weighted by molar-refractivity contribution is 9.29. The minimum absolute atomic E-state index is 0.0174. The van der Waals surface area contributed by atoms with E-state index in [1.165, 1.54) is 0 Å². The zero-order chi connectivity index (χ0) is 10.4. The second-order valence-electron chi connectivity index (χ2n) is 2.60. The Kier molecular flexibility index (Phi) is 7.59. The fraction of sp³-hybridized carbons (Fsp3) is 0.625. The molecule has 0 spiro atoms. The molecule has 0 heterocycles. The van der Waals surface area contributed by atoms with Gasteiger partial charge in [0.2, 0.25) is 0 Å². The van der Waals surface area contributed by atoms with Gasteiger partial charge in [0.1, 0.15) is 0 Å². The van der Waals surface area contributed by atoms with Crippen LogP contribution < -0.4 is 0 Å². The fourth-order valence-corrected chi connectivity index (χ4v) is 1.36.